The topological polar surface area (TPSA) is 62.1 Å². The van der Waals surface area contributed by atoms with Crippen molar-refractivity contribution in [1.29, 1.82) is 5.26 Å². The van der Waals surface area contributed by atoms with Crippen LogP contribution in [0.15, 0.2) is 24.3 Å². The number of nitrogens with one attached hydrogen (secondary N) is 1. The van der Waals surface area contributed by atoms with Crippen LogP contribution >= 0.6 is 0 Å². The van der Waals surface area contributed by atoms with Gasteiger partial charge in [0.05, 0.1) is 11.3 Å². The summed E-state index contributed by atoms with van der Waals surface area (Å²) in [6, 6.07) is 9.06. The zero-order valence-electron chi connectivity index (χ0n) is 12.9. The molecule has 4 heteroatoms. The summed E-state index contributed by atoms with van der Waals surface area (Å²) in [6.07, 6.45) is 3.34. The minimum Gasteiger partial charge on any atom is -0.381 e. The highest BCUT2D eigenvalue weighted by atomic mass is 16.5. The van der Waals surface area contributed by atoms with Crippen molar-refractivity contribution in [2.45, 2.75) is 39.5 Å². The van der Waals surface area contributed by atoms with Gasteiger partial charge in [0.15, 0.2) is 0 Å². The molecule has 0 aromatic heterocycles. The van der Waals surface area contributed by atoms with Crippen LogP contribution in [0.2, 0.25) is 0 Å². The molecule has 0 fully saturated rings. The maximum Gasteiger partial charge on any atom is 0.224 e. The highest BCUT2D eigenvalue weighted by Gasteiger charge is 2.05. The van der Waals surface area contributed by atoms with Crippen molar-refractivity contribution in [3.8, 4) is 6.07 Å². The Morgan fingerprint density at radius 3 is 2.71 bits per heavy atom. The van der Waals surface area contributed by atoms with E-state index in [1.165, 1.54) is 6.42 Å². The molecule has 0 atom stereocenters. The van der Waals surface area contributed by atoms with Crippen molar-refractivity contribution in [3.63, 3.8) is 0 Å². The van der Waals surface area contributed by atoms with Crippen LogP contribution in [0.25, 0.3) is 0 Å². The van der Waals surface area contributed by atoms with Gasteiger partial charge in [-0.3, -0.25) is 4.79 Å². The summed E-state index contributed by atoms with van der Waals surface area (Å²) >= 11 is 0. The van der Waals surface area contributed by atoms with Crippen molar-refractivity contribution in [3.05, 3.63) is 29.8 Å². The zero-order valence-corrected chi connectivity index (χ0v) is 12.9. The van der Waals surface area contributed by atoms with E-state index in [2.05, 4.69) is 25.2 Å². The molecule has 1 amide bonds. The van der Waals surface area contributed by atoms with Crippen LogP contribution in [0.5, 0.6) is 0 Å². The lowest BCUT2D eigenvalue weighted by Gasteiger charge is -2.08. The molecule has 1 aromatic carbocycles. The fourth-order valence-electron chi connectivity index (χ4n) is 1.93. The lowest BCUT2D eigenvalue weighted by Crippen LogP contribution is -2.13. The number of amides is 1. The number of para-hydroxylation sites is 1. The molecule has 1 aromatic rings. The van der Waals surface area contributed by atoms with Gasteiger partial charge < -0.3 is 10.1 Å². The fraction of sp³-hybridized carbons (Fsp3) is 0.529. The highest BCUT2D eigenvalue weighted by molar-refractivity contribution is 5.92. The van der Waals surface area contributed by atoms with Gasteiger partial charge >= 0.3 is 0 Å². The molecular weight excluding hydrogens is 264 g/mol. The van der Waals surface area contributed by atoms with Crippen molar-refractivity contribution >= 4 is 11.6 Å². The van der Waals surface area contributed by atoms with Crippen LogP contribution in [-0.2, 0) is 9.53 Å². The van der Waals surface area contributed by atoms with E-state index in [-0.39, 0.29) is 5.91 Å². The summed E-state index contributed by atoms with van der Waals surface area (Å²) < 4.78 is 5.50. The number of nitriles is 1. The number of nitrogens with zero attached hydrogens (tertiary/aromatic N) is 1. The number of hydrogen-bond acceptors (Lipinski definition) is 3. The molecule has 0 saturated heterocycles. The third-order valence-corrected chi connectivity index (χ3v) is 3.08. The number of anilines is 1. The second-order valence-electron chi connectivity index (χ2n) is 5.46. The maximum absolute atomic E-state index is 11.8. The first-order chi connectivity index (χ1) is 10.1. The summed E-state index contributed by atoms with van der Waals surface area (Å²) in [4.78, 5) is 11.8. The Bertz CT molecular complexity index is 478. The number of ether oxygens (including phenoxy) is 1. The number of carbonyl (C=O) groups excluding carboxylic acids is 1. The summed E-state index contributed by atoms with van der Waals surface area (Å²) in [7, 11) is 0. The molecule has 0 aliphatic rings. The van der Waals surface area contributed by atoms with Gasteiger partial charge in [-0.05, 0) is 37.3 Å². The Hall–Kier alpha value is -1.86. The first kappa shape index (κ1) is 17.2. The van der Waals surface area contributed by atoms with Gasteiger partial charge in [-0.15, -0.1) is 0 Å². The second-order valence-corrected chi connectivity index (χ2v) is 5.46. The van der Waals surface area contributed by atoms with E-state index in [1.807, 2.05) is 0 Å². The summed E-state index contributed by atoms with van der Waals surface area (Å²) in [6.45, 7) is 5.76. The third kappa shape index (κ3) is 7.48. The number of carbonyl (C=O) groups is 1. The van der Waals surface area contributed by atoms with Gasteiger partial charge in [-0.2, -0.15) is 5.26 Å². The molecule has 0 heterocycles. The van der Waals surface area contributed by atoms with Crippen LogP contribution in [0.4, 0.5) is 5.69 Å². The quantitative estimate of drug-likeness (QED) is 0.704. The first-order valence-corrected chi connectivity index (χ1v) is 7.50. The van der Waals surface area contributed by atoms with E-state index in [9.17, 15) is 4.79 Å². The van der Waals surface area contributed by atoms with Gasteiger partial charge in [0.1, 0.15) is 6.07 Å². The Kier molecular flexibility index (Phi) is 8.15. The molecule has 0 spiro atoms. The lowest BCUT2D eigenvalue weighted by molar-refractivity contribution is -0.116. The van der Waals surface area contributed by atoms with Gasteiger partial charge in [0, 0.05) is 19.6 Å². The lowest BCUT2D eigenvalue weighted by atomic mass is 10.1. The zero-order chi connectivity index (χ0) is 15.5. The van der Waals surface area contributed by atoms with Crippen LogP contribution < -0.4 is 5.32 Å². The van der Waals surface area contributed by atoms with Gasteiger partial charge in [-0.25, -0.2) is 0 Å². The molecule has 4 nitrogen and oxygen atoms in total. The van der Waals surface area contributed by atoms with Gasteiger partial charge in [0.25, 0.3) is 0 Å². The monoisotopic (exact) mass is 288 g/mol. The Morgan fingerprint density at radius 1 is 1.29 bits per heavy atom. The molecule has 1 N–H and O–H groups in total. The summed E-state index contributed by atoms with van der Waals surface area (Å²) in [5.74, 6) is 0.628. The van der Waals surface area contributed by atoms with Gasteiger partial charge in [0.2, 0.25) is 5.91 Å². The van der Waals surface area contributed by atoms with Crippen LogP contribution in [0.1, 0.15) is 45.1 Å². The van der Waals surface area contributed by atoms with Crippen molar-refractivity contribution in [1.82, 2.24) is 0 Å². The molecule has 0 bridgehead atoms. The largest absolute Gasteiger partial charge is 0.381 e. The molecular formula is C17H24N2O2. The normalized spacial score (nSPS) is 10.4. The SMILES string of the molecule is CC(C)CCCOCCCC(=O)Nc1ccccc1C#N. The number of rotatable bonds is 9. The molecule has 0 unspecified atom stereocenters. The predicted molar refractivity (Wildman–Crippen MR) is 83.9 cm³/mol. The summed E-state index contributed by atoms with van der Waals surface area (Å²) in [5, 5.41) is 11.7. The smallest absolute Gasteiger partial charge is 0.224 e. The third-order valence-electron chi connectivity index (χ3n) is 3.08. The highest BCUT2D eigenvalue weighted by Crippen LogP contribution is 2.13. The molecule has 1 rings (SSSR count). The van der Waals surface area contributed by atoms with E-state index in [4.69, 9.17) is 10.00 Å². The van der Waals surface area contributed by atoms with Crippen LogP contribution in [0, 0.1) is 17.2 Å². The Balaban J connectivity index is 2.16. The maximum atomic E-state index is 11.8. The molecule has 114 valence electrons. The average molecular weight is 288 g/mol. The van der Waals surface area contributed by atoms with Crippen LogP contribution in [-0.4, -0.2) is 19.1 Å². The molecule has 0 radical (unpaired) electrons. The van der Waals surface area contributed by atoms with E-state index in [0.717, 1.165) is 13.0 Å². The van der Waals surface area contributed by atoms with Crippen molar-refractivity contribution in [2.75, 3.05) is 18.5 Å². The van der Waals surface area contributed by atoms with Gasteiger partial charge in [-0.1, -0.05) is 26.0 Å². The molecule has 21 heavy (non-hydrogen) atoms. The molecule has 0 aliphatic heterocycles. The average Bonchev–Trinajstić information content (AvgIpc) is 2.46. The number of hydrogen-bond donors (Lipinski definition) is 1. The first-order valence-electron chi connectivity index (χ1n) is 7.50. The fourth-order valence-corrected chi connectivity index (χ4v) is 1.93. The van der Waals surface area contributed by atoms with E-state index in [0.29, 0.717) is 36.6 Å². The second kappa shape index (κ2) is 9.95. The summed E-state index contributed by atoms with van der Waals surface area (Å²) in [5.41, 5.74) is 1.05. The van der Waals surface area contributed by atoms with Crippen molar-refractivity contribution in [2.24, 2.45) is 5.92 Å². The van der Waals surface area contributed by atoms with E-state index in [1.54, 1.807) is 24.3 Å². The predicted octanol–water partition coefficient (Wildman–Crippen LogP) is 3.73. The standard InChI is InChI=1S/C17H24N2O2/c1-14(2)7-5-11-21-12-6-10-17(20)19-16-9-4-3-8-15(16)13-18/h3-4,8-9,14H,5-7,10-12H2,1-2H3,(H,19,20). The minimum atomic E-state index is -0.0801. The minimum absolute atomic E-state index is 0.0801. The molecule has 0 aliphatic carbocycles. The Labute approximate surface area is 127 Å². The number of benzene rings is 1. The Morgan fingerprint density at radius 2 is 2.00 bits per heavy atom. The molecule has 0 saturated carbocycles. The van der Waals surface area contributed by atoms with E-state index >= 15 is 0 Å². The van der Waals surface area contributed by atoms with E-state index < -0.39 is 0 Å². The van der Waals surface area contributed by atoms with Crippen LogP contribution in [0.3, 0.4) is 0 Å². The van der Waals surface area contributed by atoms with Crippen molar-refractivity contribution < 1.29 is 9.53 Å².